The lowest BCUT2D eigenvalue weighted by Gasteiger charge is -2.36. The van der Waals surface area contributed by atoms with Gasteiger partial charge in [0.2, 0.25) is 0 Å². The fourth-order valence-electron chi connectivity index (χ4n) is 3.74. The molecule has 2 aromatic rings. The number of nitriles is 1. The zero-order valence-corrected chi connectivity index (χ0v) is 15.5. The van der Waals surface area contributed by atoms with Crippen molar-refractivity contribution in [3.8, 4) is 6.07 Å². The van der Waals surface area contributed by atoms with Crippen molar-refractivity contribution < 1.29 is 0 Å². The number of allylic oxidation sites excluding steroid dienone is 1. The topological polar surface area (TPSA) is 30.3 Å². The summed E-state index contributed by atoms with van der Waals surface area (Å²) >= 11 is 6.28. The highest BCUT2D eigenvalue weighted by atomic mass is 35.5. The third-order valence-electron chi connectivity index (χ3n) is 5.14. The minimum Gasteiger partial charge on any atom is -0.368 e. The molecule has 1 aliphatic carbocycles. The van der Waals surface area contributed by atoms with Crippen molar-refractivity contribution in [3.63, 3.8) is 0 Å². The fraction of sp³-hybridized carbons (Fsp3) is 0.227. The van der Waals surface area contributed by atoms with Crippen LogP contribution in [0.4, 0.5) is 0 Å². The van der Waals surface area contributed by atoms with Gasteiger partial charge >= 0.3 is 0 Å². The lowest BCUT2D eigenvalue weighted by Crippen LogP contribution is -2.43. The molecule has 0 atom stereocenters. The van der Waals surface area contributed by atoms with Gasteiger partial charge in [0, 0.05) is 54.1 Å². The molecule has 0 spiro atoms. The second-order valence-corrected chi connectivity index (χ2v) is 7.22. The van der Waals surface area contributed by atoms with Crippen molar-refractivity contribution in [2.45, 2.75) is 0 Å². The summed E-state index contributed by atoms with van der Waals surface area (Å²) in [6.07, 6.45) is 3.87. The SMILES string of the molecule is CN1CCN(C2=Cc3cc(Cl)ccc3/C(=C/C#N)c3ccccc32)CC1. The molecule has 1 aliphatic heterocycles. The van der Waals surface area contributed by atoms with Crippen molar-refractivity contribution in [2.24, 2.45) is 0 Å². The van der Waals surface area contributed by atoms with Gasteiger partial charge in [0.15, 0.2) is 0 Å². The number of fused-ring (bicyclic) bond motifs is 2. The van der Waals surface area contributed by atoms with Gasteiger partial charge in [-0.1, -0.05) is 41.9 Å². The Hall–Kier alpha value is -2.54. The van der Waals surface area contributed by atoms with Crippen LogP contribution in [-0.2, 0) is 0 Å². The maximum Gasteiger partial charge on any atom is 0.0918 e. The number of nitrogens with zero attached hydrogens (tertiary/aromatic N) is 3. The van der Waals surface area contributed by atoms with Gasteiger partial charge in [0.05, 0.1) is 6.07 Å². The smallest absolute Gasteiger partial charge is 0.0918 e. The Morgan fingerprint density at radius 3 is 2.46 bits per heavy atom. The molecule has 1 fully saturated rings. The average molecular weight is 362 g/mol. The van der Waals surface area contributed by atoms with Crippen LogP contribution in [0.5, 0.6) is 0 Å². The van der Waals surface area contributed by atoms with E-state index >= 15 is 0 Å². The second-order valence-electron chi connectivity index (χ2n) is 6.78. The molecule has 0 amide bonds. The van der Waals surface area contributed by atoms with E-state index in [1.54, 1.807) is 6.08 Å². The maximum atomic E-state index is 9.37. The Morgan fingerprint density at radius 2 is 1.73 bits per heavy atom. The zero-order valence-electron chi connectivity index (χ0n) is 14.7. The predicted octanol–water partition coefficient (Wildman–Crippen LogP) is 4.35. The average Bonchev–Trinajstić information content (AvgIpc) is 2.78. The largest absolute Gasteiger partial charge is 0.368 e. The second kappa shape index (κ2) is 6.99. The third-order valence-corrected chi connectivity index (χ3v) is 5.38. The Kier molecular flexibility index (Phi) is 4.55. The van der Waals surface area contributed by atoms with E-state index in [-0.39, 0.29) is 0 Å². The number of hydrogen-bond acceptors (Lipinski definition) is 3. The van der Waals surface area contributed by atoms with Crippen LogP contribution < -0.4 is 0 Å². The minimum absolute atomic E-state index is 0.708. The van der Waals surface area contributed by atoms with E-state index in [4.69, 9.17) is 11.6 Å². The molecule has 0 bridgehead atoms. The number of benzene rings is 2. The van der Waals surface area contributed by atoms with Gasteiger partial charge < -0.3 is 9.80 Å². The molecule has 2 aromatic carbocycles. The molecule has 3 nitrogen and oxygen atoms in total. The first-order valence-corrected chi connectivity index (χ1v) is 9.20. The molecule has 4 rings (SSSR count). The predicted molar refractivity (Wildman–Crippen MR) is 108 cm³/mol. The molecule has 1 saturated heterocycles. The van der Waals surface area contributed by atoms with Crippen molar-refractivity contribution in [1.82, 2.24) is 9.80 Å². The molecule has 0 N–H and O–H groups in total. The first-order valence-electron chi connectivity index (χ1n) is 8.82. The molecule has 26 heavy (non-hydrogen) atoms. The van der Waals surface area contributed by atoms with Gasteiger partial charge in [-0.05, 0) is 41.9 Å². The summed E-state index contributed by atoms with van der Waals surface area (Å²) in [5, 5.41) is 10.1. The molecule has 0 aromatic heterocycles. The summed E-state index contributed by atoms with van der Waals surface area (Å²) in [4.78, 5) is 4.80. The summed E-state index contributed by atoms with van der Waals surface area (Å²) in [7, 11) is 2.16. The van der Waals surface area contributed by atoms with E-state index < -0.39 is 0 Å². The quantitative estimate of drug-likeness (QED) is 0.707. The summed E-state index contributed by atoms with van der Waals surface area (Å²) in [5.74, 6) is 0. The first-order chi connectivity index (χ1) is 12.7. The fourth-order valence-corrected chi connectivity index (χ4v) is 3.92. The van der Waals surface area contributed by atoms with Crippen LogP contribution in [0.15, 0.2) is 48.5 Å². The molecule has 0 saturated carbocycles. The van der Waals surface area contributed by atoms with Crippen LogP contribution in [-0.4, -0.2) is 43.0 Å². The molecule has 4 heteroatoms. The molecular weight excluding hydrogens is 342 g/mol. The summed E-state index contributed by atoms with van der Waals surface area (Å²) < 4.78 is 0. The Bertz CT molecular complexity index is 944. The van der Waals surface area contributed by atoms with Gasteiger partial charge in [-0.25, -0.2) is 0 Å². The number of hydrogen-bond donors (Lipinski definition) is 0. The maximum absolute atomic E-state index is 9.37. The van der Waals surface area contributed by atoms with Gasteiger partial charge in [-0.15, -0.1) is 0 Å². The van der Waals surface area contributed by atoms with E-state index in [0.29, 0.717) is 5.02 Å². The summed E-state index contributed by atoms with van der Waals surface area (Å²) in [5.41, 5.74) is 6.54. The highest BCUT2D eigenvalue weighted by Gasteiger charge is 2.24. The highest BCUT2D eigenvalue weighted by Crippen LogP contribution is 2.39. The highest BCUT2D eigenvalue weighted by molar-refractivity contribution is 6.30. The molecule has 0 radical (unpaired) electrons. The van der Waals surface area contributed by atoms with Crippen molar-refractivity contribution in [3.05, 3.63) is 75.8 Å². The molecular formula is C22H20ClN3. The van der Waals surface area contributed by atoms with Gasteiger partial charge in [0.1, 0.15) is 0 Å². The number of likely N-dealkylation sites (N-methyl/N-ethyl adjacent to an activating group) is 1. The number of rotatable bonds is 1. The van der Waals surface area contributed by atoms with Gasteiger partial charge in [-0.3, -0.25) is 0 Å². The molecule has 1 heterocycles. The number of halogens is 1. The third kappa shape index (κ3) is 3.03. The van der Waals surface area contributed by atoms with E-state index in [1.807, 2.05) is 24.3 Å². The Labute approximate surface area is 159 Å². The van der Waals surface area contributed by atoms with E-state index in [2.05, 4.69) is 47.2 Å². The van der Waals surface area contributed by atoms with Crippen molar-refractivity contribution in [1.29, 1.82) is 5.26 Å². The normalized spacial score (nSPS) is 18.6. The van der Waals surface area contributed by atoms with E-state index in [9.17, 15) is 5.26 Å². The Balaban J connectivity index is 1.94. The van der Waals surface area contributed by atoms with Crippen LogP contribution in [0.3, 0.4) is 0 Å². The molecule has 0 unspecified atom stereocenters. The van der Waals surface area contributed by atoms with Gasteiger partial charge in [0.25, 0.3) is 0 Å². The Morgan fingerprint density at radius 1 is 1.00 bits per heavy atom. The van der Waals surface area contributed by atoms with Crippen LogP contribution in [0, 0.1) is 11.3 Å². The van der Waals surface area contributed by atoms with Crippen LogP contribution in [0.2, 0.25) is 5.02 Å². The van der Waals surface area contributed by atoms with E-state index in [0.717, 1.165) is 48.4 Å². The van der Waals surface area contributed by atoms with Crippen LogP contribution >= 0.6 is 11.6 Å². The lowest BCUT2D eigenvalue weighted by molar-refractivity contribution is 0.208. The van der Waals surface area contributed by atoms with Crippen LogP contribution in [0.25, 0.3) is 17.3 Å². The lowest BCUT2D eigenvalue weighted by atomic mass is 9.93. The van der Waals surface area contributed by atoms with Crippen molar-refractivity contribution >= 4 is 28.9 Å². The first kappa shape index (κ1) is 16.9. The minimum atomic E-state index is 0.708. The van der Waals surface area contributed by atoms with Crippen LogP contribution in [0.1, 0.15) is 22.3 Å². The summed E-state index contributed by atoms with van der Waals surface area (Å²) in [6.45, 7) is 4.07. The van der Waals surface area contributed by atoms with E-state index in [1.165, 1.54) is 11.3 Å². The molecule has 2 aliphatic rings. The zero-order chi connectivity index (χ0) is 18.1. The van der Waals surface area contributed by atoms with Crippen molar-refractivity contribution in [2.75, 3.05) is 33.2 Å². The number of piperazine rings is 1. The monoisotopic (exact) mass is 361 g/mol. The summed E-state index contributed by atoms with van der Waals surface area (Å²) in [6, 6.07) is 16.5. The molecule has 130 valence electrons. The standard InChI is InChI=1S/C22H20ClN3/c1-25-10-12-26(13-11-25)22-15-16-14-17(23)6-7-18(16)20(8-9-24)19-4-2-3-5-21(19)22/h2-8,14-15H,10-13H2,1H3/b20-8-. The van der Waals surface area contributed by atoms with Gasteiger partial charge in [-0.2, -0.15) is 5.26 Å².